The fourth-order valence-electron chi connectivity index (χ4n) is 1.16. The SMILES string of the molecule is Cc1ccnc(-n2cnc(C(N)=S)n2)c1Br. The molecule has 0 aliphatic heterocycles. The van der Waals surface area contributed by atoms with Crippen LogP contribution >= 0.6 is 28.1 Å². The van der Waals surface area contributed by atoms with Crippen molar-refractivity contribution in [3.8, 4) is 5.82 Å². The summed E-state index contributed by atoms with van der Waals surface area (Å²) in [4.78, 5) is 8.37. The van der Waals surface area contributed by atoms with Crippen LogP contribution in [0.15, 0.2) is 23.1 Å². The maximum Gasteiger partial charge on any atom is 0.208 e. The van der Waals surface area contributed by atoms with Crippen LogP contribution in [-0.2, 0) is 0 Å². The Bertz CT molecular complexity index is 551. The molecule has 0 unspecified atom stereocenters. The molecule has 2 aromatic heterocycles. The molecule has 82 valence electrons. The van der Waals surface area contributed by atoms with Gasteiger partial charge in [-0.1, -0.05) is 12.2 Å². The van der Waals surface area contributed by atoms with Gasteiger partial charge in [-0.3, -0.25) is 0 Å². The topological polar surface area (TPSA) is 69.6 Å². The van der Waals surface area contributed by atoms with E-state index in [0.717, 1.165) is 10.0 Å². The molecular formula is C9H8BrN5S. The average molecular weight is 298 g/mol. The van der Waals surface area contributed by atoms with Gasteiger partial charge in [0.2, 0.25) is 5.82 Å². The summed E-state index contributed by atoms with van der Waals surface area (Å²) in [7, 11) is 0. The molecule has 0 aliphatic rings. The largest absolute Gasteiger partial charge is 0.387 e. The molecule has 0 fully saturated rings. The number of hydrogen-bond donors (Lipinski definition) is 1. The Hall–Kier alpha value is -1.34. The molecule has 0 bridgehead atoms. The van der Waals surface area contributed by atoms with Crippen LogP contribution in [0.25, 0.3) is 5.82 Å². The van der Waals surface area contributed by atoms with Crippen LogP contribution in [-0.4, -0.2) is 24.7 Å². The van der Waals surface area contributed by atoms with Gasteiger partial charge in [0.1, 0.15) is 11.3 Å². The first kappa shape index (κ1) is 11.2. The van der Waals surface area contributed by atoms with Crippen molar-refractivity contribution in [3.05, 3.63) is 34.5 Å². The fourth-order valence-corrected chi connectivity index (χ4v) is 1.67. The molecule has 5 nitrogen and oxygen atoms in total. The van der Waals surface area contributed by atoms with Gasteiger partial charge in [0.05, 0.1) is 4.47 Å². The van der Waals surface area contributed by atoms with E-state index < -0.39 is 0 Å². The van der Waals surface area contributed by atoms with Crippen molar-refractivity contribution in [3.63, 3.8) is 0 Å². The maximum atomic E-state index is 5.43. The van der Waals surface area contributed by atoms with E-state index in [2.05, 4.69) is 31.0 Å². The van der Waals surface area contributed by atoms with Gasteiger partial charge in [0, 0.05) is 6.20 Å². The van der Waals surface area contributed by atoms with Crippen molar-refractivity contribution < 1.29 is 0 Å². The van der Waals surface area contributed by atoms with E-state index in [4.69, 9.17) is 18.0 Å². The lowest BCUT2D eigenvalue weighted by atomic mass is 10.3. The van der Waals surface area contributed by atoms with Gasteiger partial charge in [-0.15, -0.1) is 5.10 Å². The number of halogens is 1. The van der Waals surface area contributed by atoms with Crippen molar-refractivity contribution in [2.24, 2.45) is 5.73 Å². The number of hydrogen-bond acceptors (Lipinski definition) is 4. The van der Waals surface area contributed by atoms with Crippen molar-refractivity contribution in [1.82, 2.24) is 19.7 Å². The highest BCUT2D eigenvalue weighted by Gasteiger charge is 2.10. The summed E-state index contributed by atoms with van der Waals surface area (Å²) in [6, 6.07) is 1.90. The predicted molar refractivity (Wildman–Crippen MR) is 67.5 cm³/mol. The van der Waals surface area contributed by atoms with E-state index in [-0.39, 0.29) is 4.99 Å². The molecule has 0 aliphatic carbocycles. The third kappa shape index (κ3) is 1.96. The molecule has 2 heterocycles. The number of aryl methyl sites for hydroxylation is 1. The first-order valence-electron chi connectivity index (χ1n) is 4.42. The average Bonchev–Trinajstić information content (AvgIpc) is 2.71. The summed E-state index contributed by atoms with van der Waals surface area (Å²) in [6.07, 6.45) is 3.23. The van der Waals surface area contributed by atoms with Crippen LogP contribution in [0, 0.1) is 6.92 Å². The molecule has 0 aromatic carbocycles. The second-order valence-corrected chi connectivity index (χ2v) is 4.38. The van der Waals surface area contributed by atoms with Crippen LogP contribution in [0.4, 0.5) is 0 Å². The van der Waals surface area contributed by atoms with E-state index in [9.17, 15) is 0 Å². The van der Waals surface area contributed by atoms with Crippen molar-refractivity contribution >= 4 is 33.1 Å². The molecule has 0 spiro atoms. The predicted octanol–water partition coefficient (Wildman–Crippen LogP) is 1.37. The molecule has 16 heavy (non-hydrogen) atoms. The van der Waals surface area contributed by atoms with Gasteiger partial charge < -0.3 is 5.73 Å². The van der Waals surface area contributed by atoms with Gasteiger partial charge in [0.25, 0.3) is 0 Å². The zero-order chi connectivity index (χ0) is 11.7. The quantitative estimate of drug-likeness (QED) is 0.848. The Kier molecular flexibility index (Phi) is 2.97. The van der Waals surface area contributed by atoms with E-state index in [1.54, 1.807) is 6.20 Å². The lowest BCUT2D eigenvalue weighted by Gasteiger charge is -2.04. The highest BCUT2D eigenvalue weighted by Crippen LogP contribution is 2.21. The lowest BCUT2D eigenvalue weighted by molar-refractivity contribution is 0.835. The Labute approximate surface area is 106 Å². The summed E-state index contributed by atoms with van der Waals surface area (Å²) in [5.74, 6) is 1.00. The maximum absolute atomic E-state index is 5.43. The van der Waals surface area contributed by atoms with Crippen LogP contribution < -0.4 is 5.73 Å². The number of rotatable bonds is 2. The first-order chi connectivity index (χ1) is 7.59. The van der Waals surface area contributed by atoms with E-state index >= 15 is 0 Å². The van der Waals surface area contributed by atoms with Crippen molar-refractivity contribution in [2.75, 3.05) is 0 Å². The standard InChI is InChI=1S/C9H8BrN5S/c1-5-2-3-12-9(6(5)10)15-4-13-8(14-15)7(11)16/h2-4H,1H3,(H2,11,16). The summed E-state index contributed by atoms with van der Waals surface area (Å²) in [6.45, 7) is 1.97. The second kappa shape index (κ2) is 4.26. The molecule has 0 radical (unpaired) electrons. The van der Waals surface area contributed by atoms with Crippen LogP contribution in [0.1, 0.15) is 11.4 Å². The fraction of sp³-hybridized carbons (Fsp3) is 0.111. The summed E-state index contributed by atoms with van der Waals surface area (Å²) >= 11 is 8.24. The first-order valence-corrected chi connectivity index (χ1v) is 5.62. The molecular weight excluding hydrogens is 290 g/mol. The Balaban J connectivity index is 2.50. The molecule has 7 heteroatoms. The summed E-state index contributed by atoms with van der Waals surface area (Å²) in [5, 5.41) is 4.13. The van der Waals surface area contributed by atoms with Gasteiger partial charge >= 0.3 is 0 Å². The third-order valence-corrected chi connectivity index (χ3v) is 3.16. The molecule has 0 atom stereocenters. The molecule has 2 aromatic rings. The normalized spacial score (nSPS) is 10.4. The minimum Gasteiger partial charge on any atom is -0.387 e. The van der Waals surface area contributed by atoms with Crippen LogP contribution in [0.3, 0.4) is 0 Å². The number of pyridine rings is 1. The molecule has 2 N–H and O–H groups in total. The number of nitrogens with zero attached hydrogens (tertiary/aromatic N) is 4. The van der Waals surface area contributed by atoms with Gasteiger partial charge in [-0.25, -0.2) is 14.6 Å². The van der Waals surface area contributed by atoms with Crippen LogP contribution in [0.2, 0.25) is 0 Å². The summed E-state index contributed by atoms with van der Waals surface area (Å²) < 4.78 is 2.40. The van der Waals surface area contributed by atoms with Crippen molar-refractivity contribution in [1.29, 1.82) is 0 Å². The number of aromatic nitrogens is 4. The van der Waals surface area contributed by atoms with Crippen LogP contribution in [0.5, 0.6) is 0 Å². The monoisotopic (exact) mass is 297 g/mol. The van der Waals surface area contributed by atoms with Gasteiger partial charge in [-0.2, -0.15) is 0 Å². The summed E-state index contributed by atoms with van der Waals surface area (Å²) in [5.41, 5.74) is 6.50. The second-order valence-electron chi connectivity index (χ2n) is 3.14. The molecule has 0 saturated carbocycles. The van der Waals surface area contributed by atoms with Gasteiger partial charge in [-0.05, 0) is 34.5 Å². The smallest absolute Gasteiger partial charge is 0.208 e. The molecule has 0 saturated heterocycles. The lowest BCUT2D eigenvalue weighted by Crippen LogP contribution is -2.12. The number of thiocarbonyl (C=S) groups is 1. The molecule has 0 amide bonds. The molecule has 2 rings (SSSR count). The Morgan fingerprint density at radius 3 is 2.88 bits per heavy atom. The Morgan fingerprint density at radius 2 is 2.25 bits per heavy atom. The van der Waals surface area contributed by atoms with Gasteiger partial charge in [0.15, 0.2) is 5.82 Å². The zero-order valence-corrected chi connectivity index (χ0v) is 10.8. The Morgan fingerprint density at radius 1 is 1.50 bits per heavy atom. The minimum atomic E-state index is 0.169. The highest BCUT2D eigenvalue weighted by molar-refractivity contribution is 9.10. The van der Waals surface area contributed by atoms with Crippen molar-refractivity contribution in [2.45, 2.75) is 6.92 Å². The van der Waals surface area contributed by atoms with E-state index in [1.165, 1.54) is 11.0 Å². The van der Waals surface area contributed by atoms with E-state index in [0.29, 0.717) is 11.6 Å². The number of nitrogens with two attached hydrogens (primary N) is 1. The highest BCUT2D eigenvalue weighted by atomic mass is 79.9. The zero-order valence-electron chi connectivity index (χ0n) is 8.38. The minimum absolute atomic E-state index is 0.169. The third-order valence-electron chi connectivity index (χ3n) is 1.99. The van der Waals surface area contributed by atoms with E-state index in [1.807, 2.05) is 13.0 Å².